The highest BCUT2D eigenvalue weighted by Crippen LogP contribution is 2.23. The molecule has 0 aliphatic heterocycles. The first kappa shape index (κ1) is 13.3. The Labute approximate surface area is 116 Å². The van der Waals surface area contributed by atoms with Crippen LogP contribution in [0.3, 0.4) is 0 Å². The van der Waals surface area contributed by atoms with Crippen molar-refractivity contribution in [3.63, 3.8) is 0 Å². The molecule has 0 N–H and O–H groups in total. The zero-order chi connectivity index (χ0) is 13.1. The van der Waals surface area contributed by atoms with Gasteiger partial charge in [-0.3, -0.25) is 0 Å². The fourth-order valence-corrected chi connectivity index (χ4v) is 1.84. The summed E-state index contributed by atoms with van der Waals surface area (Å²) in [6, 6.07) is 8.76. The van der Waals surface area contributed by atoms with Crippen LogP contribution in [0.15, 0.2) is 40.9 Å². The average Bonchev–Trinajstić information content (AvgIpc) is 2.35. The van der Waals surface area contributed by atoms with Crippen molar-refractivity contribution in [3.8, 4) is 5.75 Å². The summed E-state index contributed by atoms with van der Waals surface area (Å²) in [5, 5.41) is 0.0725. The molecule has 94 valence electrons. The predicted molar refractivity (Wildman–Crippen MR) is 69.8 cm³/mol. The molecular formula is C13H8BrClF2O. The Kier molecular flexibility index (Phi) is 4.19. The van der Waals surface area contributed by atoms with Gasteiger partial charge in [-0.1, -0.05) is 17.7 Å². The van der Waals surface area contributed by atoms with Gasteiger partial charge in [0.2, 0.25) is 0 Å². The van der Waals surface area contributed by atoms with E-state index in [9.17, 15) is 8.78 Å². The molecule has 0 amide bonds. The van der Waals surface area contributed by atoms with Crippen molar-refractivity contribution < 1.29 is 13.5 Å². The summed E-state index contributed by atoms with van der Waals surface area (Å²) in [6.07, 6.45) is 0. The van der Waals surface area contributed by atoms with E-state index in [0.29, 0.717) is 15.8 Å². The van der Waals surface area contributed by atoms with E-state index in [1.807, 2.05) is 0 Å². The van der Waals surface area contributed by atoms with Gasteiger partial charge < -0.3 is 4.74 Å². The van der Waals surface area contributed by atoms with Crippen LogP contribution in [0.4, 0.5) is 8.78 Å². The van der Waals surface area contributed by atoms with Gasteiger partial charge >= 0.3 is 0 Å². The molecule has 2 aromatic rings. The fourth-order valence-electron chi connectivity index (χ4n) is 1.36. The lowest BCUT2D eigenvalue weighted by Crippen LogP contribution is -1.96. The topological polar surface area (TPSA) is 9.23 Å². The molecule has 0 aliphatic carbocycles. The quantitative estimate of drug-likeness (QED) is 0.771. The van der Waals surface area contributed by atoms with Crippen LogP contribution < -0.4 is 4.74 Å². The minimum atomic E-state index is -0.488. The molecule has 2 rings (SSSR count). The third-order valence-electron chi connectivity index (χ3n) is 2.28. The van der Waals surface area contributed by atoms with Gasteiger partial charge in [-0.2, -0.15) is 0 Å². The molecular weight excluding hydrogens is 325 g/mol. The van der Waals surface area contributed by atoms with Crippen LogP contribution in [-0.2, 0) is 6.61 Å². The molecule has 0 unspecified atom stereocenters. The van der Waals surface area contributed by atoms with Crippen molar-refractivity contribution in [1.82, 2.24) is 0 Å². The molecule has 0 aromatic heterocycles. The Morgan fingerprint density at radius 1 is 1.06 bits per heavy atom. The number of hydrogen-bond donors (Lipinski definition) is 0. The standard InChI is InChI=1S/C13H8BrClF2O/c14-10-6-9(2-4-12(10)16)18-7-8-1-3-11(15)13(17)5-8/h1-6H,7H2. The molecule has 18 heavy (non-hydrogen) atoms. The molecule has 0 atom stereocenters. The highest BCUT2D eigenvalue weighted by molar-refractivity contribution is 9.10. The minimum absolute atomic E-state index is 0.0725. The molecule has 0 spiro atoms. The van der Waals surface area contributed by atoms with E-state index in [2.05, 4.69) is 15.9 Å². The van der Waals surface area contributed by atoms with E-state index in [0.717, 1.165) is 0 Å². The molecule has 0 aliphatic rings. The zero-order valence-electron chi connectivity index (χ0n) is 9.09. The smallest absolute Gasteiger partial charge is 0.142 e. The minimum Gasteiger partial charge on any atom is -0.489 e. The van der Waals surface area contributed by atoms with E-state index < -0.39 is 5.82 Å². The van der Waals surface area contributed by atoms with Crippen LogP contribution in [0.2, 0.25) is 5.02 Å². The number of halogens is 4. The Morgan fingerprint density at radius 3 is 2.50 bits per heavy atom. The molecule has 0 fully saturated rings. The van der Waals surface area contributed by atoms with E-state index in [1.165, 1.54) is 30.3 Å². The summed E-state index contributed by atoms with van der Waals surface area (Å²) in [5.74, 6) is -0.350. The first-order valence-electron chi connectivity index (χ1n) is 5.08. The third kappa shape index (κ3) is 3.21. The van der Waals surface area contributed by atoms with Gasteiger partial charge in [0.1, 0.15) is 24.0 Å². The average molecular weight is 334 g/mol. The SMILES string of the molecule is Fc1cc(COc2ccc(F)c(Br)c2)ccc1Cl. The van der Waals surface area contributed by atoms with Gasteiger partial charge in [-0.05, 0) is 51.8 Å². The van der Waals surface area contributed by atoms with Crippen molar-refractivity contribution in [2.45, 2.75) is 6.61 Å². The summed E-state index contributed by atoms with van der Waals surface area (Å²) < 4.78 is 31.9. The van der Waals surface area contributed by atoms with E-state index in [-0.39, 0.29) is 17.4 Å². The Hall–Kier alpha value is -1.13. The molecule has 5 heteroatoms. The van der Waals surface area contributed by atoms with Crippen molar-refractivity contribution in [1.29, 1.82) is 0 Å². The molecule has 0 heterocycles. The Balaban J connectivity index is 2.06. The summed E-state index contributed by atoms with van der Waals surface area (Å²) in [6.45, 7) is 0.187. The maximum Gasteiger partial charge on any atom is 0.142 e. The van der Waals surface area contributed by atoms with Gasteiger partial charge in [0, 0.05) is 0 Å². The summed E-state index contributed by atoms with van der Waals surface area (Å²) in [4.78, 5) is 0. The number of ether oxygens (including phenoxy) is 1. The molecule has 0 saturated carbocycles. The van der Waals surface area contributed by atoms with Gasteiger partial charge in [-0.15, -0.1) is 0 Å². The highest BCUT2D eigenvalue weighted by atomic mass is 79.9. The second-order valence-corrected chi connectivity index (χ2v) is 4.87. The number of hydrogen-bond acceptors (Lipinski definition) is 1. The lowest BCUT2D eigenvalue weighted by Gasteiger charge is -2.07. The molecule has 0 radical (unpaired) electrons. The zero-order valence-corrected chi connectivity index (χ0v) is 11.4. The van der Waals surface area contributed by atoms with Crippen molar-refractivity contribution >= 4 is 27.5 Å². The van der Waals surface area contributed by atoms with Crippen LogP contribution >= 0.6 is 27.5 Å². The summed E-state index contributed by atoms with van der Waals surface area (Å²) in [5.41, 5.74) is 0.650. The first-order chi connectivity index (χ1) is 8.56. The van der Waals surface area contributed by atoms with Crippen LogP contribution in [0.25, 0.3) is 0 Å². The van der Waals surface area contributed by atoms with E-state index in [1.54, 1.807) is 6.07 Å². The maximum atomic E-state index is 13.2. The van der Waals surface area contributed by atoms with Gasteiger partial charge in [0.05, 0.1) is 9.50 Å². The molecule has 0 saturated heterocycles. The normalized spacial score (nSPS) is 10.4. The predicted octanol–water partition coefficient (Wildman–Crippen LogP) is 4.96. The van der Waals surface area contributed by atoms with Crippen molar-refractivity contribution in [2.75, 3.05) is 0 Å². The van der Waals surface area contributed by atoms with Crippen molar-refractivity contribution in [2.24, 2.45) is 0 Å². The van der Waals surface area contributed by atoms with E-state index in [4.69, 9.17) is 16.3 Å². The summed E-state index contributed by atoms with van der Waals surface area (Å²) >= 11 is 8.63. The number of rotatable bonds is 3. The lowest BCUT2D eigenvalue weighted by molar-refractivity contribution is 0.305. The maximum absolute atomic E-state index is 13.2. The van der Waals surface area contributed by atoms with E-state index >= 15 is 0 Å². The second-order valence-electron chi connectivity index (χ2n) is 3.61. The monoisotopic (exact) mass is 332 g/mol. The van der Waals surface area contributed by atoms with Gasteiger partial charge in [0.15, 0.2) is 0 Å². The van der Waals surface area contributed by atoms with Crippen LogP contribution in [0.1, 0.15) is 5.56 Å². The third-order valence-corrected chi connectivity index (χ3v) is 3.19. The molecule has 1 nitrogen and oxygen atoms in total. The highest BCUT2D eigenvalue weighted by Gasteiger charge is 2.04. The van der Waals surface area contributed by atoms with Gasteiger partial charge in [-0.25, -0.2) is 8.78 Å². The Bertz CT molecular complexity index is 523. The first-order valence-corrected chi connectivity index (χ1v) is 6.25. The Morgan fingerprint density at radius 2 is 1.83 bits per heavy atom. The largest absolute Gasteiger partial charge is 0.489 e. The molecule has 0 bridgehead atoms. The second kappa shape index (κ2) is 5.67. The van der Waals surface area contributed by atoms with Crippen LogP contribution in [0, 0.1) is 11.6 Å². The lowest BCUT2D eigenvalue weighted by atomic mass is 10.2. The fraction of sp³-hybridized carbons (Fsp3) is 0.0769. The van der Waals surface area contributed by atoms with Crippen LogP contribution in [0.5, 0.6) is 5.75 Å². The van der Waals surface area contributed by atoms with Crippen molar-refractivity contribution in [3.05, 3.63) is 63.1 Å². The summed E-state index contributed by atoms with van der Waals surface area (Å²) in [7, 11) is 0. The number of benzene rings is 2. The molecule has 2 aromatic carbocycles. The van der Waals surface area contributed by atoms with Crippen LogP contribution in [-0.4, -0.2) is 0 Å². The van der Waals surface area contributed by atoms with Gasteiger partial charge in [0.25, 0.3) is 0 Å².